The maximum atomic E-state index is 12.2. The fourth-order valence-corrected chi connectivity index (χ4v) is 2.41. The molecule has 0 amide bonds. The number of rotatable bonds is 5. The minimum absolute atomic E-state index is 0.00163. The molecule has 1 N–H and O–H groups in total. The van der Waals surface area contributed by atoms with Crippen molar-refractivity contribution >= 4 is 11.5 Å². The van der Waals surface area contributed by atoms with Gasteiger partial charge in [0.05, 0.1) is 0 Å². The average Bonchev–Trinajstić information content (AvgIpc) is 2.54. The van der Waals surface area contributed by atoms with E-state index >= 15 is 0 Å². The van der Waals surface area contributed by atoms with Crippen molar-refractivity contribution in [2.75, 3.05) is 5.32 Å². The molecule has 0 spiro atoms. The minimum Gasteiger partial charge on any atom is -0.362 e. The number of hydrogen-bond donors (Lipinski definition) is 1. The van der Waals surface area contributed by atoms with Crippen molar-refractivity contribution in [3.8, 4) is 0 Å². The molecule has 24 heavy (non-hydrogen) atoms. The van der Waals surface area contributed by atoms with Crippen LogP contribution < -0.4 is 5.32 Å². The Morgan fingerprint density at radius 1 is 0.958 bits per heavy atom. The lowest BCUT2D eigenvalue weighted by atomic mass is 9.86. The van der Waals surface area contributed by atoms with Gasteiger partial charge in [-0.1, -0.05) is 71.0 Å². The second kappa shape index (κ2) is 7.48. The monoisotopic (exact) mass is 321 g/mol. The van der Waals surface area contributed by atoms with Crippen LogP contribution >= 0.6 is 0 Å². The Morgan fingerprint density at radius 3 is 2.04 bits per heavy atom. The van der Waals surface area contributed by atoms with Gasteiger partial charge in [0.2, 0.25) is 0 Å². The van der Waals surface area contributed by atoms with Gasteiger partial charge < -0.3 is 5.32 Å². The molecule has 2 nitrogen and oxygen atoms in total. The Balaban J connectivity index is 1.97. The van der Waals surface area contributed by atoms with E-state index in [1.54, 1.807) is 12.3 Å². The van der Waals surface area contributed by atoms with Crippen molar-refractivity contribution < 1.29 is 4.79 Å². The first-order valence-electron chi connectivity index (χ1n) is 8.45. The van der Waals surface area contributed by atoms with Crippen LogP contribution in [0.4, 0.5) is 5.69 Å². The number of ketones is 1. The highest BCUT2D eigenvalue weighted by Crippen LogP contribution is 2.22. The van der Waals surface area contributed by atoms with Gasteiger partial charge in [-0.2, -0.15) is 0 Å². The Morgan fingerprint density at radius 2 is 1.54 bits per heavy atom. The smallest absolute Gasteiger partial charge is 0.187 e. The molecule has 0 fully saturated rings. The molecule has 0 radical (unpaired) electrons. The van der Waals surface area contributed by atoms with E-state index in [1.165, 1.54) is 11.1 Å². The summed E-state index contributed by atoms with van der Waals surface area (Å²) in [5.41, 5.74) is 4.31. The molecule has 2 aromatic rings. The second-order valence-corrected chi connectivity index (χ2v) is 7.45. The van der Waals surface area contributed by atoms with Crippen molar-refractivity contribution in [2.45, 2.75) is 46.0 Å². The average molecular weight is 321 g/mol. The maximum absolute atomic E-state index is 12.2. The van der Waals surface area contributed by atoms with Gasteiger partial charge in [0.25, 0.3) is 0 Å². The number of hydrogen-bond acceptors (Lipinski definition) is 2. The fourth-order valence-electron chi connectivity index (χ4n) is 2.41. The maximum Gasteiger partial charge on any atom is 0.187 e. The number of benzene rings is 2. The highest BCUT2D eigenvalue weighted by Gasteiger charge is 2.13. The molecule has 0 bridgehead atoms. The zero-order chi connectivity index (χ0) is 17.7. The predicted octanol–water partition coefficient (Wildman–Crippen LogP) is 5.92. The lowest BCUT2D eigenvalue weighted by Gasteiger charge is -2.18. The molecular formula is C22H27NO. The van der Waals surface area contributed by atoms with Crippen LogP contribution in [-0.2, 0) is 5.41 Å². The first kappa shape index (κ1) is 18.0. The zero-order valence-corrected chi connectivity index (χ0v) is 15.3. The molecule has 0 unspecified atom stereocenters. The molecule has 0 saturated heterocycles. The normalized spacial score (nSPS) is 11.9. The number of carbonyl (C=O) groups excluding carboxylic acids is 1. The Kier molecular flexibility index (Phi) is 5.61. The van der Waals surface area contributed by atoms with Crippen LogP contribution in [0.5, 0.6) is 0 Å². The predicted molar refractivity (Wildman–Crippen MR) is 103 cm³/mol. The molecule has 0 atom stereocenters. The second-order valence-electron chi connectivity index (χ2n) is 7.45. The molecule has 0 aliphatic carbocycles. The third-order valence-electron chi connectivity index (χ3n) is 4.10. The number of carbonyl (C=O) groups is 1. The quantitative estimate of drug-likeness (QED) is 0.547. The summed E-state index contributed by atoms with van der Waals surface area (Å²) in [4.78, 5) is 12.2. The summed E-state index contributed by atoms with van der Waals surface area (Å²) in [7, 11) is 0. The first-order valence-corrected chi connectivity index (χ1v) is 8.45. The minimum atomic E-state index is 0.00163. The van der Waals surface area contributed by atoms with E-state index in [0.717, 1.165) is 5.69 Å². The van der Waals surface area contributed by atoms with Crippen LogP contribution in [-0.4, -0.2) is 5.78 Å². The number of nitrogens with one attached hydrogen (secondary N) is 1. The summed E-state index contributed by atoms with van der Waals surface area (Å²) >= 11 is 0. The summed E-state index contributed by atoms with van der Waals surface area (Å²) < 4.78 is 0. The van der Waals surface area contributed by atoms with Crippen LogP contribution in [0.15, 0.2) is 60.8 Å². The van der Waals surface area contributed by atoms with Crippen LogP contribution in [0.1, 0.15) is 62.0 Å². The van der Waals surface area contributed by atoms with E-state index in [2.05, 4.69) is 52.1 Å². The van der Waals surface area contributed by atoms with Gasteiger partial charge in [-0.15, -0.1) is 0 Å². The summed E-state index contributed by atoms with van der Waals surface area (Å²) in [6, 6.07) is 16.1. The van der Waals surface area contributed by atoms with Crippen LogP contribution in [0.2, 0.25) is 0 Å². The van der Waals surface area contributed by atoms with Crippen molar-refractivity contribution in [3.05, 3.63) is 77.5 Å². The van der Waals surface area contributed by atoms with E-state index in [1.807, 2.05) is 36.4 Å². The molecular weight excluding hydrogens is 294 g/mol. The first-order chi connectivity index (χ1) is 11.3. The Hall–Kier alpha value is -2.35. The molecule has 0 saturated carbocycles. The van der Waals surface area contributed by atoms with E-state index in [0.29, 0.717) is 11.5 Å². The van der Waals surface area contributed by atoms with Gasteiger partial charge in [-0.25, -0.2) is 0 Å². The molecule has 2 heteroatoms. The summed E-state index contributed by atoms with van der Waals surface area (Å²) in [5, 5.41) is 3.15. The number of anilines is 1. The van der Waals surface area contributed by atoms with Crippen molar-refractivity contribution in [1.82, 2.24) is 0 Å². The zero-order valence-electron chi connectivity index (χ0n) is 15.3. The third-order valence-corrected chi connectivity index (χ3v) is 4.10. The molecule has 0 heterocycles. The largest absolute Gasteiger partial charge is 0.362 e. The summed E-state index contributed by atoms with van der Waals surface area (Å²) in [6.45, 7) is 10.8. The Labute approximate surface area is 145 Å². The lowest BCUT2D eigenvalue weighted by molar-refractivity contribution is 0.104. The molecule has 0 aliphatic rings. The van der Waals surface area contributed by atoms with Gasteiger partial charge in [0.15, 0.2) is 5.78 Å². The topological polar surface area (TPSA) is 29.1 Å². The standard InChI is InChI=1S/C22H27NO/c1-16(2)17-8-12-20(13-9-17)23-15-14-21(24)18-6-10-19(11-7-18)22(3,4)5/h6-16,23H,1-5H3. The summed E-state index contributed by atoms with van der Waals surface area (Å²) in [6.07, 6.45) is 3.27. The SMILES string of the molecule is CC(C)c1ccc(NC=CC(=O)c2ccc(C(C)(C)C)cc2)cc1. The lowest BCUT2D eigenvalue weighted by Crippen LogP contribution is -2.11. The summed E-state index contributed by atoms with van der Waals surface area (Å²) in [5.74, 6) is 0.522. The highest BCUT2D eigenvalue weighted by molar-refractivity contribution is 6.04. The number of allylic oxidation sites excluding steroid dienone is 1. The van der Waals surface area contributed by atoms with E-state index in [4.69, 9.17) is 0 Å². The molecule has 2 rings (SSSR count). The molecule has 0 aliphatic heterocycles. The van der Waals surface area contributed by atoms with Crippen LogP contribution in [0.3, 0.4) is 0 Å². The van der Waals surface area contributed by atoms with E-state index < -0.39 is 0 Å². The van der Waals surface area contributed by atoms with Crippen molar-refractivity contribution in [1.29, 1.82) is 0 Å². The van der Waals surface area contributed by atoms with Crippen molar-refractivity contribution in [3.63, 3.8) is 0 Å². The van der Waals surface area contributed by atoms with Crippen LogP contribution in [0, 0.1) is 0 Å². The van der Waals surface area contributed by atoms with E-state index in [9.17, 15) is 4.79 Å². The van der Waals surface area contributed by atoms with Gasteiger partial charge in [0.1, 0.15) is 0 Å². The molecule has 2 aromatic carbocycles. The van der Waals surface area contributed by atoms with Gasteiger partial charge in [0, 0.05) is 23.5 Å². The van der Waals surface area contributed by atoms with Gasteiger partial charge in [-0.05, 0) is 34.6 Å². The van der Waals surface area contributed by atoms with E-state index in [-0.39, 0.29) is 11.2 Å². The van der Waals surface area contributed by atoms with Gasteiger partial charge >= 0.3 is 0 Å². The van der Waals surface area contributed by atoms with Crippen molar-refractivity contribution in [2.24, 2.45) is 0 Å². The highest BCUT2D eigenvalue weighted by atomic mass is 16.1. The molecule has 126 valence electrons. The van der Waals surface area contributed by atoms with Crippen LogP contribution in [0.25, 0.3) is 0 Å². The molecule has 0 aromatic heterocycles. The third kappa shape index (κ3) is 4.82. The van der Waals surface area contributed by atoms with Gasteiger partial charge in [-0.3, -0.25) is 4.79 Å². The fraction of sp³-hybridized carbons (Fsp3) is 0.318. The Bertz CT molecular complexity index is 701.